The van der Waals surface area contributed by atoms with E-state index in [-0.39, 0.29) is 6.35 Å². The smallest absolute Gasteiger partial charge is 0.225 e. The van der Waals surface area contributed by atoms with Crippen LogP contribution in [-0.2, 0) is 13.9 Å². The van der Waals surface area contributed by atoms with E-state index in [1.807, 2.05) is 0 Å². The first kappa shape index (κ1) is 16.7. The lowest BCUT2D eigenvalue weighted by Gasteiger charge is -2.15. The molecular formula is C9H21O4P3. The summed E-state index contributed by atoms with van der Waals surface area (Å²) in [5, 5.41) is 0. The molecule has 0 rings (SSSR count). The van der Waals surface area contributed by atoms with Gasteiger partial charge in [0.05, 0.1) is 6.35 Å². The van der Waals surface area contributed by atoms with E-state index in [1.165, 1.54) is 12.8 Å². The minimum atomic E-state index is -2.37. The van der Waals surface area contributed by atoms with Gasteiger partial charge in [0.2, 0.25) is 15.3 Å². The van der Waals surface area contributed by atoms with Crippen LogP contribution < -0.4 is 0 Å². The van der Waals surface area contributed by atoms with Crippen molar-refractivity contribution < 1.29 is 18.8 Å². The minimum absolute atomic E-state index is 0.0883. The molecule has 1 N–H and O–H groups in total. The normalized spacial score (nSPS) is 17.2. The molecule has 4 nitrogen and oxygen atoms in total. The van der Waals surface area contributed by atoms with Gasteiger partial charge in [-0.1, -0.05) is 33.1 Å². The van der Waals surface area contributed by atoms with Crippen LogP contribution in [0.1, 0.15) is 39.5 Å². The molecule has 3 unspecified atom stereocenters. The van der Waals surface area contributed by atoms with Crippen molar-refractivity contribution in [2.24, 2.45) is 5.92 Å². The van der Waals surface area contributed by atoms with Gasteiger partial charge in [-0.2, -0.15) is 0 Å². The number of hydrogen-bond donors (Lipinski definition) is 1. The van der Waals surface area contributed by atoms with Gasteiger partial charge in [0.25, 0.3) is 0 Å². The molecule has 0 aromatic carbocycles. The van der Waals surface area contributed by atoms with Crippen LogP contribution in [0.4, 0.5) is 0 Å². The Morgan fingerprint density at radius 3 is 2.69 bits per heavy atom. The summed E-state index contributed by atoms with van der Waals surface area (Å²) in [5.41, 5.74) is 0. The highest BCUT2D eigenvalue weighted by Crippen LogP contribution is 2.65. The van der Waals surface area contributed by atoms with Crippen LogP contribution in [0.2, 0.25) is 0 Å². The maximum atomic E-state index is 11.0. The highest BCUT2D eigenvalue weighted by atomic mass is 32.4. The first-order valence-electron chi connectivity index (χ1n) is 5.57. The average Bonchev–Trinajstić information content (AvgIpc) is 2.32. The van der Waals surface area contributed by atoms with Crippen molar-refractivity contribution in [1.29, 1.82) is 0 Å². The van der Waals surface area contributed by atoms with Crippen molar-refractivity contribution in [3.8, 4) is 0 Å². The van der Waals surface area contributed by atoms with E-state index in [2.05, 4.69) is 13.8 Å². The van der Waals surface area contributed by atoms with Gasteiger partial charge < -0.3 is 14.2 Å². The number of rotatable bonds is 10. The molecule has 0 aromatic heterocycles. The molecule has 7 heteroatoms. The standard InChI is InChI=1S/C9H21O4P3/c1-3-5-6-9(4-2)7-13-8-15(11)16(12)14-10/h9,11,16H,3-8H2,1-2H3. The lowest BCUT2D eigenvalue weighted by molar-refractivity contribution is 0.127. The van der Waals surface area contributed by atoms with E-state index < -0.39 is 23.2 Å². The van der Waals surface area contributed by atoms with Crippen LogP contribution >= 0.6 is 23.2 Å². The molecule has 0 aromatic rings. The average molecular weight is 286 g/mol. The van der Waals surface area contributed by atoms with E-state index in [9.17, 15) is 14.0 Å². The van der Waals surface area contributed by atoms with Gasteiger partial charge in [-0.15, -0.1) is 0 Å². The lowest BCUT2D eigenvalue weighted by Crippen LogP contribution is -2.08. The minimum Gasteiger partial charge on any atom is -0.374 e. The molecule has 0 bridgehead atoms. The molecule has 0 saturated heterocycles. The van der Waals surface area contributed by atoms with Crippen LogP contribution in [0.15, 0.2) is 0 Å². The summed E-state index contributed by atoms with van der Waals surface area (Å²) in [6.07, 6.45) is 4.63. The predicted molar refractivity (Wildman–Crippen MR) is 69.9 cm³/mol. The van der Waals surface area contributed by atoms with Crippen molar-refractivity contribution in [3.63, 3.8) is 0 Å². The molecule has 0 fully saturated rings. The highest BCUT2D eigenvalue weighted by Gasteiger charge is 2.14. The van der Waals surface area contributed by atoms with Gasteiger partial charge in [0, 0.05) is 6.61 Å². The Balaban J connectivity index is 3.68. The van der Waals surface area contributed by atoms with Gasteiger partial charge in [0.1, 0.15) is 7.84 Å². The van der Waals surface area contributed by atoms with E-state index in [1.54, 1.807) is 0 Å². The third kappa shape index (κ3) is 7.87. The molecule has 0 amide bonds. The number of unbranched alkanes of at least 4 members (excludes halogenated alkanes) is 1. The van der Waals surface area contributed by atoms with E-state index in [4.69, 9.17) is 4.74 Å². The fourth-order valence-electron chi connectivity index (χ4n) is 1.31. The summed E-state index contributed by atoms with van der Waals surface area (Å²) in [6.45, 7) is 4.87. The van der Waals surface area contributed by atoms with Crippen LogP contribution in [-0.4, -0.2) is 17.8 Å². The Morgan fingerprint density at radius 1 is 1.50 bits per heavy atom. The zero-order valence-corrected chi connectivity index (χ0v) is 12.7. The third-order valence-corrected chi connectivity index (χ3v) is 8.43. The molecule has 0 aliphatic carbocycles. The summed E-state index contributed by atoms with van der Waals surface area (Å²) >= 11 is 0. The molecule has 96 valence electrons. The van der Waals surface area contributed by atoms with Gasteiger partial charge >= 0.3 is 0 Å². The van der Waals surface area contributed by atoms with E-state index >= 15 is 0 Å². The monoisotopic (exact) mass is 286 g/mol. The largest absolute Gasteiger partial charge is 0.374 e. The Bertz CT molecular complexity index is 213. The predicted octanol–water partition coefficient (Wildman–Crippen LogP) is 4.25. The summed E-state index contributed by atoms with van der Waals surface area (Å²) in [4.78, 5) is 9.34. The summed E-state index contributed by atoms with van der Waals surface area (Å²) in [6, 6.07) is 0. The SMILES string of the molecule is CCCCC(CC)COCP(O)[PH](=O)P=O. The molecule has 0 aliphatic heterocycles. The number of hydrogen-bond acceptors (Lipinski definition) is 4. The molecule has 0 radical (unpaired) electrons. The van der Waals surface area contributed by atoms with Crippen molar-refractivity contribution in [1.82, 2.24) is 0 Å². The Labute approximate surface area is 101 Å². The van der Waals surface area contributed by atoms with Crippen LogP contribution in [0.25, 0.3) is 0 Å². The summed E-state index contributed by atoms with van der Waals surface area (Å²) in [5.74, 6) is 0.510. The molecule has 0 saturated carbocycles. The Kier molecular flexibility index (Phi) is 11.3. The molecule has 0 aliphatic rings. The van der Waals surface area contributed by atoms with E-state index in [0.29, 0.717) is 12.5 Å². The topological polar surface area (TPSA) is 63.6 Å². The van der Waals surface area contributed by atoms with Gasteiger partial charge in [-0.05, 0) is 12.3 Å². The second kappa shape index (κ2) is 10.8. The molecule has 0 spiro atoms. The maximum absolute atomic E-state index is 11.0. The van der Waals surface area contributed by atoms with Crippen molar-refractivity contribution in [3.05, 3.63) is 0 Å². The van der Waals surface area contributed by atoms with Crippen molar-refractivity contribution in [2.45, 2.75) is 39.5 Å². The van der Waals surface area contributed by atoms with Crippen LogP contribution in [0, 0.1) is 5.92 Å². The molecule has 3 atom stereocenters. The Hall–Kier alpha value is 0.680. The fourth-order valence-corrected chi connectivity index (χ4v) is 4.05. The van der Waals surface area contributed by atoms with Gasteiger partial charge in [-0.3, -0.25) is 4.57 Å². The van der Waals surface area contributed by atoms with Crippen LogP contribution in [0.5, 0.6) is 0 Å². The van der Waals surface area contributed by atoms with Gasteiger partial charge in [-0.25, -0.2) is 0 Å². The zero-order chi connectivity index (χ0) is 12.4. The van der Waals surface area contributed by atoms with Crippen molar-refractivity contribution >= 4 is 23.2 Å². The number of ether oxygens (including phenoxy) is 1. The first-order chi connectivity index (χ1) is 7.65. The van der Waals surface area contributed by atoms with Crippen molar-refractivity contribution in [2.75, 3.05) is 13.0 Å². The highest BCUT2D eigenvalue weighted by molar-refractivity contribution is 8.47. The first-order valence-corrected chi connectivity index (χ1v) is 11.0. The van der Waals surface area contributed by atoms with E-state index in [0.717, 1.165) is 12.8 Å². The Morgan fingerprint density at radius 2 is 2.19 bits per heavy atom. The third-order valence-electron chi connectivity index (χ3n) is 2.41. The molecule has 16 heavy (non-hydrogen) atoms. The van der Waals surface area contributed by atoms with Crippen LogP contribution in [0.3, 0.4) is 0 Å². The zero-order valence-electron chi connectivity index (χ0n) is 9.89. The fraction of sp³-hybridized carbons (Fsp3) is 1.00. The molecule has 0 heterocycles. The summed E-state index contributed by atoms with van der Waals surface area (Å²) < 4.78 is 26.6. The molecular weight excluding hydrogens is 265 g/mol. The second-order valence-electron chi connectivity index (χ2n) is 3.69. The maximum Gasteiger partial charge on any atom is 0.225 e. The van der Waals surface area contributed by atoms with Gasteiger partial charge in [0.15, 0.2) is 0 Å². The summed E-state index contributed by atoms with van der Waals surface area (Å²) in [7, 11) is -4.50. The second-order valence-corrected chi connectivity index (χ2v) is 11.1. The quantitative estimate of drug-likeness (QED) is 0.610. The lowest BCUT2D eigenvalue weighted by atomic mass is 10.0.